The third-order valence-corrected chi connectivity index (χ3v) is 4.01. The van der Waals surface area contributed by atoms with Crippen LogP contribution in [0.4, 0.5) is 4.39 Å². The summed E-state index contributed by atoms with van der Waals surface area (Å²) in [6.07, 6.45) is 1.86. The molecule has 0 unspecified atom stereocenters. The minimum atomic E-state index is -0.484. The Morgan fingerprint density at radius 2 is 2.05 bits per heavy atom. The van der Waals surface area contributed by atoms with Crippen LogP contribution in [0.25, 0.3) is 0 Å². The molecule has 1 saturated heterocycles. The molecule has 0 aliphatic carbocycles. The molecule has 0 N–H and O–H groups in total. The molecule has 1 amide bonds. The molecule has 1 aliphatic heterocycles. The van der Waals surface area contributed by atoms with Crippen molar-refractivity contribution >= 4 is 18.5 Å². The van der Waals surface area contributed by atoms with Gasteiger partial charge in [0.25, 0.3) is 5.91 Å². The van der Waals surface area contributed by atoms with E-state index in [1.165, 1.54) is 12.1 Å². The molecule has 0 aromatic heterocycles. The Kier molecular flexibility index (Phi) is 4.47. The van der Waals surface area contributed by atoms with Crippen LogP contribution >= 0.6 is 12.6 Å². The van der Waals surface area contributed by atoms with Crippen molar-refractivity contribution in [2.75, 3.05) is 27.2 Å². The molecule has 0 bridgehead atoms. The van der Waals surface area contributed by atoms with E-state index in [1.54, 1.807) is 18.0 Å². The Morgan fingerprint density at radius 3 is 2.68 bits per heavy atom. The van der Waals surface area contributed by atoms with E-state index in [0.717, 1.165) is 25.9 Å². The lowest BCUT2D eigenvalue weighted by molar-refractivity contribution is 0.0654. The highest BCUT2D eigenvalue weighted by Crippen LogP contribution is 2.20. The van der Waals surface area contributed by atoms with Crippen molar-refractivity contribution in [3.63, 3.8) is 0 Å². The number of hydrogen-bond donors (Lipinski definition) is 1. The van der Waals surface area contributed by atoms with E-state index in [1.807, 2.05) is 0 Å². The highest BCUT2D eigenvalue weighted by atomic mass is 32.1. The average Bonchev–Trinajstić information content (AvgIpc) is 2.41. The molecule has 3 nitrogen and oxygen atoms in total. The van der Waals surface area contributed by atoms with Gasteiger partial charge >= 0.3 is 0 Å². The minimum Gasteiger partial charge on any atom is -0.339 e. The third-order valence-electron chi connectivity index (χ3n) is 3.74. The van der Waals surface area contributed by atoms with Crippen molar-refractivity contribution in [3.8, 4) is 0 Å². The van der Waals surface area contributed by atoms with Gasteiger partial charge in [0, 0.05) is 18.0 Å². The largest absolute Gasteiger partial charge is 0.339 e. The smallest absolute Gasteiger partial charge is 0.256 e. The van der Waals surface area contributed by atoms with E-state index >= 15 is 0 Å². The number of thiol groups is 1. The molecule has 104 valence electrons. The standard InChI is InChI=1S/C14H19FN2OS/c1-16-7-5-10(6-8-16)17(2)14(18)12-9-11(19)3-4-13(12)15/h3-4,9-10,19H,5-8H2,1-2H3. The zero-order valence-electron chi connectivity index (χ0n) is 11.3. The molecule has 0 saturated carbocycles. The number of nitrogens with zero attached hydrogens (tertiary/aromatic N) is 2. The number of carbonyl (C=O) groups excluding carboxylic acids is 1. The first-order valence-corrected chi connectivity index (χ1v) is 6.88. The van der Waals surface area contributed by atoms with Gasteiger partial charge < -0.3 is 9.80 Å². The molecule has 5 heteroatoms. The number of halogens is 1. The Morgan fingerprint density at radius 1 is 1.42 bits per heavy atom. The van der Waals surface area contributed by atoms with Crippen LogP contribution in [-0.4, -0.2) is 48.9 Å². The van der Waals surface area contributed by atoms with Gasteiger partial charge in [-0.25, -0.2) is 4.39 Å². The Balaban J connectivity index is 2.12. The van der Waals surface area contributed by atoms with Crippen LogP contribution < -0.4 is 0 Å². The average molecular weight is 282 g/mol. The maximum atomic E-state index is 13.7. The maximum absolute atomic E-state index is 13.7. The molecular formula is C14H19FN2OS. The van der Waals surface area contributed by atoms with Crippen molar-refractivity contribution in [3.05, 3.63) is 29.6 Å². The summed E-state index contributed by atoms with van der Waals surface area (Å²) in [7, 11) is 3.82. The second-order valence-electron chi connectivity index (χ2n) is 5.11. The second-order valence-corrected chi connectivity index (χ2v) is 5.63. The molecule has 19 heavy (non-hydrogen) atoms. The van der Waals surface area contributed by atoms with Gasteiger partial charge in [-0.3, -0.25) is 4.79 Å². The number of benzene rings is 1. The molecule has 0 atom stereocenters. The van der Waals surface area contributed by atoms with Gasteiger partial charge in [-0.05, 0) is 51.2 Å². The number of carbonyl (C=O) groups is 1. The van der Waals surface area contributed by atoms with Crippen LogP contribution in [-0.2, 0) is 0 Å². The summed E-state index contributed by atoms with van der Waals surface area (Å²) >= 11 is 4.16. The van der Waals surface area contributed by atoms with E-state index in [9.17, 15) is 9.18 Å². The highest BCUT2D eigenvalue weighted by Gasteiger charge is 2.26. The summed E-state index contributed by atoms with van der Waals surface area (Å²) < 4.78 is 13.7. The van der Waals surface area contributed by atoms with Crippen molar-refractivity contribution in [2.45, 2.75) is 23.8 Å². The highest BCUT2D eigenvalue weighted by molar-refractivity contribution is 7.80. The van der Waals surface area contributed by atoms with Gasteiger partial charge in [0.1, 0.15) is 5.82 Å². The summed E-state index contributed by atoms with van der Waals surface area (Å²) in [5, 5.41) is 0. The normalized spacial score (nSPS) is 17.5. The van der Waals surface area contributed by atoms with E-state index in [-0.39, 0.29) is 17.5 Å². The van der Waals surface area contributed by atoms with E-state index in [0.29, 0.717) is 4.90 Å². The number of rotatable bonds is 2. The SMILES string of the molecule is CN1CCC(N(C)C(=O)c2cc(S)ccc2F)CC1. The summed E-state index contributed by atoms with van der Waals surface area (Å²) in [6, 6.07) is 4.52. The first kappa shape index (κ1) is 14.3. The van der Waals surface area contributed by atoms with Gasteiger partial charge in [0.15, 0.2) is 0 Å². The van der Waals surface area contributed by atoms with Gasteiger partial charge in [0.2, 0.25) is 0 Å². The molecule has 1 aromatic rings. The molecular weight excluding hydrogens is 263 g/mol. The maximum Gasteiger partial charge on any atom is 0.256 e. The Labute approximate surface area is 118 Å². The van der Waals surface area contributed by atoms with E-state index < -0.39 is 5.82 Å². The van der Waals surface area contributed by atoms with Crippen LogP contribution in [0.1, 0.15) is 23.2 Å². The molecule has 1 fully saturated rings. The Bertz CT molecular complexity index is 473. The van der Waals surface area contributed by atoms with Crippen molar-refractivity contribution in [1.29, 1.82) is 0 Å². The van der Waals surface area contributed by atoms with Crippen LogP contribution in [0.2, 0.25) is 0 Å². The lowest BCUT2D eigenvalue weighted by Gasteiger charge is -2.35. The number of likely N-dealkylation sites (tertiary alicyclic amines) is 1. The quantitative estimate of drug-likeness (QED) is 0.841. The molecule has 0 spiro atoms. The van der Waals surface area contributed by atoms with Crippen LogP contribution in [0.15, 0.2) is 23.1 Å². The van der Waals surface area contributed by atoms with Gasteiger partial charge in [-0.2, -0.15) is 0 Å². The number of hydrogen-bond acceptors (Lipinski definition) is 3. The van der Waals surface area contributed by atoms with Gasteiger partial charge in [-0.1, -0.05) is 0 Å². The molecule has 1 heterocycles. The summed E-state index contributed by atoms with van der Waals surface area (Å²) in [4.78, 5) is 16.8. The summed E-state index contributed by atoms with van der Waals surface area (Å²) in [6.45, 7) is 1.94. The van der Waals surface area contributed by atoms with Crippen molar-refractivity contribution in [1.82, 2.24) is 9.80 Å². The molecule has 0 radical (unpaired) electrons. The topological polar surface area (TPSA) is 23.6 Å². The Hall–Kier alpha value is -1.07. The summed E-state index contributed by atoms with van der Waals surface area (Å²) in [5.41, 5.74) is 0.105. The van der Waals surface area contributed by atoms with Gasteiger partial charge in [0.05, 0.1) is 5.56 Å². The lowest BCUT2D eigenvalue weighted by Crippen LogP contribution is -2.44. The minimum absolute atomic E-state index is 0.105. The van der Waals surface area contributed by atoms with Crippen molar-refractivity contribution < 1.29 is 9.18 Å². The van der Waals surface area contributed by atoms with Crippen molar-refractivity contribution in [2.24, 2.45) is 0 Å². The van der Waals surface area contributed by atoms with Crippen LogP contribution in [0, 0.1) is 5.82 Å². The fourth-order valence-electron chi connectivity index (χ4n) is 2.42. The predicted molar refractivity (Wildman–Crippen MR) is 76.3 cm³/mol. The number of piperidine rings is 1. The predicted octanol–water partition coefficient (Wildman–Crippen LogP) is 2.28. The first-order chi connectivity index (χ1) is 8.99. The fraction of sp³-hybridized carbons (Fsp3) is 0.500. The van der Waals surface area contributed by atoms with E-state index in [2.05, 4.69) is 24.6 Å². The van der Waals surface area contributed by atoms with Gasteiger partial charge in [-0.15, -0.1) is 12.6 Å². The first-order valence-electron chi connectivity index (χ1n) is 6.43. The van der Waals surface area contributed by atoms with Crippen LogP contribution in [0.5, 0.6) is 0 Å². The monoisotopic (exact) mass is 282 g/mol. The third kappa shape index (κ3) is 3.28. The molecule has 1 aromatic carbocycles. The lowest BCUT2D eigenvalue weighted by atomic mass is 10.0. The van der Waals surface area contributed by atoms with Crippen LogP contribution in [0.3, 0.4) is 0 Å². The second kappa shape index (κ2) is 5.92. The summed E-state index contributed by atoms with van der Waals surface area (Å²) in [5.74, 6) is -0.745. The zero-order chi connectivity index (χ0) is 14.0. The zero-order valence-corrected chi connectivity index (χ0v) is 12.2. The molecule has 2 rings (SSSR count). The fourth-order valence-corrected chi connectivity index (χ4v) is 2.62. The molecule has 1 aliphatic rings. The number of amides is 1. The van der Waals surface area contributed by atoms with E-state index in [4.69, 9.17) is 0 Å².